The van der Waals surface area contributed by atoms with E-state index < -0.39 is 6.10 Å². The summed E-state index contributed by atoms with van der Waals surface area (Å²) in [5, 5.41) is 9.81. The fourth-order valence-corrected chi connectivity index (χ4v) is 4.10. The van der Waals surface area contributed by atoms with Gasteiger partial charge in [0, 0.05) is 18.2 Å². The quantitative estimate of drug-likeness (QED) is 0.920. The van der Waals surface area contributed by atoms with Crippen LogP contribution in [0, 0.1) is 5.92 Å². The van der Waals surface area contributed by atoms with Gasteiger partial charge in [-0.05, 0) is 56.3 Å². The Morgan fingerprint density at radius 1 is 1.29 bits per heavy atom. The second-order valence-corrected chi connectivity index (χ2v) is 6.62. The number of likely N-dealkylation sites (tertiary alicyclic amines) is 1. The van der Waals surface area contributed by atoms with Crippen LogP contribution in [0.15, 0.2) is 18.2 Å². The van der Waals surface area contributed by atoms with Gasteiger partial charge in [0.1, 0.15) is 5.75 Å². The molecule has 0 amide bonds. The number of rotatable bonds is 4. The van der Waals surface area contributed by atoms with Crippen molar-refractivity contribution in [2.24, 2.45) is 5.92 Å². The van der Waals surface area contributed by atoms with Crippen molar-refractivity contribution >= 4 is 0 Å². The van der Waals surface area contributed by atoms with Crippen molar-refractivity contribution in [3.63, 3.8) is 0 Å². The van der Waals surface area contributed by atoms with Crippen LogP contribution in [0.25, 0.3) is 0 Å². The number of benzene rings is 1. The lowest BCUT2D eigenvalue weighted by Gasteiger charge is -2.32. The van der Waals surface area contributed by atoms with E-state index in [4.69, 9.17) is 4.74 Å². The Bertz CT molecular complexity index is 486. The summed E-state index contributed by atoms with van der Waals surface area (Å²) >= 11 is 0. The second kappa shape index (κ2) is 6.37. The van der Waals surface area contributed by atoms with Crippen LogP contribution in [0.1, 0.15) is 56.3 Å². The van der Waals surface area contributed by atoms with Crippen molar-refractivity contribution in [3.05, 3.63) is 29.3 Å². The van der Waals surface area contributed by atoms with Gasteiger partial charge in [0.25, 0.3) is 0 Å². The average Bonchev–Trinajstić information content (AvgIpc) is 2.90. The fraction of sp³-hybridized carbons (Fsp3) is 0.667. The van der Waals surface area contributed by atoms with E-state index in [1.54, 1.807) is 7.11 Å². The Kier molecular flexibility index (Phi) is 4.51. The molecule has 21 heavy (non-hydrogen) atoms. The monoisotopic (exact) mass is 289 g/mol. The maximum absolute atomic E-state index is 9.81. The maximum Gasteiger partial charge on any atom is 0.123 e. The summed E-state index contributed by atoms with van der Waals surface area (Å²) in [6.45, 7) is 3.97. The first-order valence-electron chi connectivity index (χ1n) is 8.28. The van der Waals surface area contributed by atoms with Gasteiger partial charge in [-0.2, -0.15) is 0 Å². The van der Waals surface area contributed by atoms with E-state index in [0.29, 0.717) is 0 Å². The highest BCUT2D eigenvalue weighted by Gasteiger charge is 2.35. The molecule has 0 aromatic heterocycles. The number of aliphatic hydroxyl groups excluding tert-OH is 1. The third kappa shape index (κ3) is 3.09. The lowest BCUT2D eigenvalue weighted by atomic mass is 9.85. The first kappa shape index (κ1) is 14.9. The molecule has 0 bridgehead atoms. The Labute approximate surface area is 127 Å². The van der Waals surface area contributed by atoms with E-state index in [-0.39, 0.29) is 0 Å². The molecular formula is C18H27NO2. The van der Waals surface area contributed by atoms with Crippen LogP contribution >= 0.6 is 0 Å². The van der Waals surface area contributed by atoms with Crippen molar-refractivity contribution in [2.45, 2.75) is 57.7 Å². The number of nitrogens with zero attached hydrogens (tertiary/aromatic N) is 1. The molecule has 0 radical (unpaired) electrons. The summed E-state index contributed by atoms with van der Waals surface area (Å²) in [7, 11) is 1.73. The van der Waals surface area contributed by atoms with Crippen molar-refractivity contribution in [1.29, 1.82) is 0 Å². The van der Waals surface area contributed by atoms with Crippen LogP contribution in [0.4, 0.5) is 0 Å². The lowest BCUT2D eigenvalue weighted by Crippen LogP contribution is -2.34. The number of methoxy groups -OCH3 is 1. The Morgan fingerprint density at radius 3 is 2.86 bits per heavy atom. The largest absolute Gasteiger partial charge is 0.496 e. The molecule has 1 saturated carbocycles. The van der Waals surface area contributed by atoms with E-state index in [9.17, 15) is 5.11 Å². The van der Waals surface area contributed by atoms with Crippen LogP contribution in [0.3, 0.4) is 0 Å². The van der Waals surface area contributed by atoms with Gasteiger partial charge < -0.3 is 9.84 Å². The predicted molar refractivity (Wildman–Crippen MR) is 84.4 cm³/mol. The van der Waals surface area contributed by atoms with Gasteiger partial charge in [0.2, 0.25) is 0 Å². The average molecular weight is 289 g/mol. The molecule has 3 heteroatoms. The summed E-state index contributed by atoms with van der Waals surface area (Å²) in [4.78, 5) is 2.63. The SMILES string of the molecule is COc1ccc(C(C)O)cc1CN1CCC2CCCCC21. The van der Waals surface area contributed by atoms with Crippen LogP contribution in [0.5, 0.6) is 5.75 Å². The minimum absolute atomic E-state index is 0.421. The van der Waals surface area contributed by atoms with Crippen LogP contribution in [-0.4, -0.2) is 29.7 Å². The summed E-state index contributed by atoms with van der Waals surface area (Å²) < 4.78 is 5.52. The number of hydrogen-bond acceptors (Lipinski definition) is 3. The topological polar surface area (TPSA) is 32.7 Å². The first-order valence-corrected chi connectivity index (χ1v) is 8.28. The summed E-state index contributed by atoms with van der Waals surface area (Å²) in [6, 6.07) is 6.82. The normalized spacial score (nSPS) is 27.4. The molecule has 2 fully saturated rings. The summed E-state index contributed by atoms with van der Waals surface area (Å²) in [5.41, 5.74) is 2.19. The smallest absolute Gasteiger partial charge is 0.123 e. The van der Waals surface area contributed by atoms with E-state index in [2.05, 4.69) is 11.0 Å². The second-order valence-electron chi connectivity index (χ2n) is 6.62. The highest BCUT2D eigenvalue weighted by Crippen LogP contribution is 2.37. The number of fused-ring (bicyclic) bond motifs is 1. The fourth-order valence-electron chi connectivity index (χ4n) is 4.10. The number of aliphatic hydroxyl groups is 1. The van der Waals surface area contributed by atoms with E-state index in [1.165, 1.54) is 44.2 Å². The highest BCUT2D eigenvalue weighted by molar-refractivity contribution is 5.38. The molecule has 1 saturated heterocycles. The Morgan fingerprint density at radius 2 is 2.10 bits per heavy atom. The molecule has 1 heterocycles. The highest BCUT2D eigenvalue weighted by atomic mass is 16.5. The van der Waals surface area contributed by atoms with Crippen LogP contribution in [-0.2, 0) is 6.54 Å². The molecule has 1 N–H and O–H groups in total. The Hall–Kier alpha value is -1.06. The van der Waals surface area contributed by atoms with Gasteiger partial charge in [-0.25, -0.2) is 0 Å². The van der Waals surface area contributed by atoms with Gasteiger partial charge in [0.15, 0.2) is 0 Å². The molecule has 1 aliphatic carbocycles. The lowest BCUT2D eigenvalue weighted by molar-refractivity contribution is 0.173. The molecule has 1 aliphatic heterocycles. The molecule has 1 aromatic rings. The summed E-state index contributed by atoms with van der Waals surface area (Å²) in [6.07, 6.45) is 6.48. The van der Waals surface area contributed by atoms with E-state index in [1.807, 2.05) is 19.1 Å². The third-order valence-electron chi connectivity index (χ3n) is 5.29. The van der Waals surface area contributed by atoms with Gasteiger partial charge in [-0.3, -0.25) is 4.90 Å². The molecule has 0 spiro atoms. The zero-order chi connectivity index (χ0) is 14.8. The van der Waals surface area contributed by atoms with Gasteiger partial charge in [0.05, 0.1) is 13.2 Å². The zero-order valence-corrected chi connectivity index (χ0v) is 13.2. The molecule has 3 unspecified atom stereocenters. The van der Waals surface area contributed by atoms with Crippen LogP contribution in [0.2, 0.25) is 0 Å². The molecule has 1 aromatic carbocycles. The predicted octanol–water partition coefficient (Wildman–Crippen LogP) is 3.51. The molecule has 116 valence electrons. The van der Waals surface area contributed by atoms with Crippen LogP contribution < -0.4 is 4.74 Å². The van der Waals surface area contributed by atoms with Gasteiger partial charge in [-0.1, -0.05) is 18.9 Å². The maximum atomic E-state index is 9.81. The number of ether oxygens (including phenoxy) is 1. The van der Waals surface area contributed by atoms with E-state index >= 15 is 0 Å². The van der Waals surface area contributed by atoms with Crippen molar-refractivity contribution in [2.75, 3.05) is 13.7 Å². The van der Waals surface area contributed by atoms with Gasteiger partial charge in [-0.15, -0.1) is 0 Å². The molecule has 3 atom stereocenters. The Balaban J connectivity index is 1.78. The standard InChI is InChI=1S/C18H27NO2/c1-13(20)15-7-8-18(21-2)16(11-15)12-19-10-9-14-5-3-4-6-17(14)19/h7-8,11,13-14,17,20H,3-6,9-10,12H2,1-2H3. The molecule has 2 aliphatic rings. The molecule has 3 nitrogen and oxygen atoms in total. The van der Waals surface area contributed by atoms with E-state index in [0.717, 1.165) is 29.8 Å². The minimum Gasteiger partial charge on any atom is -0.496 e. The van der Waals surface area contributed by atoms with Crippen molar-refractivity contribution in [3.8, 4) is 5.75 Å². The first-order chi connectivity index (χ1) is 10.2. The van der Waals surface area contributed by atoms with Crippen molar-refractivity contribution < 1.29 is 9.84 Å². The van der Waals surface area contributed by atoms with Crippen molar-refractivity contribution in [1.82, 2.24) is 4.90 Å². The molecular weight excluding hydrogens is 262 g/mol. The molecule has 3 rings (SSSR count). The van der Waals surface area contributed by atoms with Gasteiger partial charge >= 0.3 is 0 Å². The zero-order valence-electron chi connectivity index (χ0n) is 13.2. The minimum atomic E-state index is -0.421. The number of hydrogen-bond donors (Lipinski definition) is 1. The summed E-state index contributed by atoms with van der Waals surface area (Å²) in [5.74, 6) is 1.85. The third-order valence-corrected chi connectivity index (χ3v) is 5.29.